The van der Waals surface area contributed by atoms with Gasteiger partial charge in [-0.25, -0.2) is 13.8 Å². The Bertz CT molecular complexity index is 867. The Kier molecular flexibility index (Phi) is 4.39. The fourth-order valence-electron chi connectivity index (χ4n) is 2.56. The third-order valence-electron chi connectivity index (χ3n) is 3.93. The molecule has 0 bridgehead atoms. The molecule has 1 atom stereocenters. The van der Waals surface area contributed by atoms with E-state index in [1.165, 1.54) is 12.4 Å². The van der Waals surface area contributed by atoms with Crippen LogP contribution in [0.3, 0.4) is 0 Å². The molecule has 3 aromatic rings. The molecule has 3 rings (SSSR count). The van der Waals surface area contributed by atoms with E-state index in [9.17, 15) is 8.78 Å². The fourth-order valence-corrected chi connectivity index (χ4v) is 2.56. The molecular weight excluding hydrogens is 316 g/mol. The highest BCUT2D eigenvalue weighted by Crippen LogP contribution is 2.28. The number of benzene rings is 1. The number of rotatable bonds is 5. The van der Waals surface area contributed by atoms with Crippen LogP contribution in [0.1, 0.15) is 24.2 Å². The Balaban J connectivity index is 2.05. The normalized spacial score (nSPS) is 12.5. The maximum atomic E-state index is 14.1. The lowest BCUT2D eigenvalue weighted by atomic mass is 10.1. The Labute approximate surface area is 137 Å². The van der Waals surface area contributed by atoms with Crippen LogP contribution < -0.4 is 4.90 Å². The molecule has 0 aliphatic rings. The van der Waals surface area contributed by atoms with E-state index in [1.54, 1.807) is 36.6 Å². The maximum absolute atomic E-state index is 14.1. The maximum Gasteiger partial charge on any atom is 0.254 e. The molecule has 2 heterocycles. The zero-order valence-electron chi connectivity index (χ0n) is 13.6. The van der Waals surface area contributed by atoms with Crippen molar-refractivity contribution in [3.8, 4) is 0 Å². The van der Waals surface area contributed by atoms with Gasteiger partial charge in [0.15, 0.2) is 0 Å². The van der Waals surface area contributed by atoms with Crippen molar-refractivity contribution in [2.45, 2.75) is 19.6 Å². The van der Waals surface area contributed by atoms with Crippen molar-refractivity contribution in [2.24, 2.45) is 0 Å². The highest BCUT2D eigenvalue weighted by atomic mass is 19.1. The molecule has 6 nitrogen and oxygen atoms in total. The van der Waals surface area contributed by atoms with Crippen LogP contribution in [0, 0.1) is 11.6 Å². The average Bonchev–Trinajstić information content (AvgIpc) is 3.04. The van der Waals surface area contributed by atoms with Crippen LogP contribution in [0.15, 0.2) is 30.6 Å². The van der Waals surface area contributed by atoms with Crippen molar-refractivity contribution in [3.63, 3.8) is 0 Å². The summed E-state index contributed by atoms with van der Waals surface area (Å²) in [5.41, 5.74) is 0.933. The molecule has 0 saturated carbocycles. The molecule has 24 heavy (non-hydrogen) atoms. The van der Waals surface area contributed by atoms with E-state index in [4.69, 9.17) is 4.74 Å². The largest absolute Gasteiger partial charge is 0.378 e. The lowest BCUT2D eigenvalue weighted by Gasteiger charge is -2.28. The highest BCUT2D eigenvalue weighted by Gasteiger charge is 2.20. The van der Waals surface area contributed by atoms with Crippen molar-refractivity contribution < 1.29 is 13.5 Å². The van der Waals surface area contributed by atoms with Gasteiger partial charge in [-0.1, -0.05) is 0 Å². The highest BCUT2D eigenvalue weighted by molar-refractivity contribution is 5.48. The summed E-state index contributed by atoms with van der Waals surface area (Å²) in [5, 5.41) is 4.15. The van der Waals surface area contributed by atoms with Crippen LogP contribution >= 0.6 is 0 Å². The minimum absolute atomic E-state index is 0.260. The molecule has 0 radical (unpaired) electrons. The lowest BCUT2D eigenvalue weighted by Crippen LogP contribution is -2.25. The molecule has 0 aliphatic heterocycles. The van der Waals surface area contributed by atoms with Crippen molar-refractivity contribution in [2.75, 3.05) is 19.1 Å². The molecule has 0 N–H and O–H groups in total. The van der Waals surface area contributed by atoms with Crippen LogP contribution in [0.25, 0.3) is 5.78 Å². The molecule has 0 spiro atoms. The summed E-state index contributed by atoms with van der Waals surface area (Å²) in [6.07, 6.45) is 1.39. The second-order valence-electron chi connectivity index (χ2n) is 5.46. The zero-order chi connectivity index (χ0) is 17.3. The first-order valence-electron chi connectivity index (χ1n) is 7.37. The number of ether oxygens (including phenoxy) is 1. The first kappa shape index (κ1) is 16.3. The molecule has 8 heteroatoms. The van der Waals surface area contributed by atoms with Gasteiger partial charge in [0.25, 0.3) is 5.78 Å². The summed E-state index contributed by atoms with van der Waals surface area (Å²) in [6.45, 7) is 2.10. The molecule has 2 aromatic heterocycles. The summed E-state index contributed by atoms with van der Waals surface area (Å²) in [5.74, 6) is 0.128. The third kappa shape index (κ3) is 2.92. The van der Waals surface area contributed by atoms with Gasteiger partial charge in [-0.05, 0) is 25.1 Å². The van der Waals surface area contributed by atoms with Gasteiger partial charge in [-0.3, -0.25) is 0 Å². The zero-order valence-corrected chi connectivity index (χ0v) is 13.6. The van der Waals surface area contributed by atoms with E-state index in [-0.39, 0.29) is 5.56 Å². The van der Waals surface area contributed by atoms with Crippen LogP contribution in [0.4, 0.5) is 14.6 Å². The van der Waals surface area contributed by atoms with E-state index in [2.05, 4.69) is 15.1 Å². The standard InChI is InChI=1S/C16H17F2N5O/c1-10(13-6-11(17)4-5-14(13)18)22(2)15-7-12(8-24-3)21-16-19-9-20-23(15)16/h4-7,9-10H,8H2,1-3H3/t10-/m0/s1. The molecule has 1 aromatic carbocycles. The first-order valence-corrected chi connectivity index (χ1v) is 7.37. The van der Waals surface area contributed by atoms with Crippen molar-refractivity contribution in [1.29, 1.82) is 0 Å². The van der Waals surface area contributed by atoms with E-state index in [0.717, 1.165) is 12.1 Å². The number of anilines is 1. The van der Waals surface area contributed by atoms with Gasteiger partial charge in [-0.2, -0.15) is 14.6 Å². The topological polar surface area (TPSA) is 55.6 Å². The monoisotopic (exact) mass is 333 g/mol. The molecule has 0 amide bonds. The van der Waals surface area contributed by atoms with Crippen LogP contribution in [0.2, 0.25) is 0 Å². The quantitative estimate of drug-likeness (QED) is 0.719. The Morgan fingerprint density at radius 3 is 2.83 bits per heavy atom. The number of aromatic nitrogens is 4. The number of methoxy groups -OCH3 is 1. The molecule has 0 fully saturated rings. The predicted octanol–water partition coefficient (Wildman–Crippen LogP) is 2.75. The second kappa shape index (κ2) is 6.48. The summed E-state index contributed by atoms with van der Waals surface area (Å²) < 4.78 is 34.3. The van der Waals surface area contributed by atoms with Gasteiger partial charge >= 0.3 is 0 Å². The van der Waals surface area contributed by atoms with Gasteiger partial charge in [0.05, 0.1) is 18.3 Å². The number of fused-ring (bicyclic) bond motifs is 1. The van der Waals surface area contributed by atoms with E-state index < -0.39 is 17.7 Å². The first-order chi connectivity index (χ1) is 11.5. The van der Waals surface area contributed by atoms with Crippen LogP contribution in [0.5, 0.6) is 0 Å². The summed E-state index contributed by atoms with van der Waals surface area (Å²) >= 11 is 0. The minimum Gasteiger partial charge on any atom is -0.378 e. The molecule has 0 saturated heterocycles. The summed E-state index contributed by atoms with van der Waals surface area (Å²) in [4.78, 5) is 10.2. The van der Waals surface area contributed by atoms with Gasteiger partial charge in [-0.15, -0.1) is 0 Å². The summed E-state index contributed by atoms with van der Waals surface area (Å²) in [6, 6.07) is 4.80. The summed E-state index contributed by atoms with van der Waals surface area (Å²) in [7, 11) is 3.35. The number of hydrogen-bond acceptors (Lipinski definition) is 5. The lowest BCUT2D eigenvalue weighted by molar-refractivity contribution is 0.181. The van der Waals surface area contributed by atoms with Gasteiger partial charge in [0.1, 0.15) is 23.8 Å². The van der Waals surface area contributed by atoms with Crippen molar-refractivity contribution in [1.82, 2.24) is 19.6 Å². The fraction of sp³-hybridized carbons (Fsp3) is 0.312. The van der Waals surface area contributed by atoms with Crippen LogP contribution in [-0.2, 0) is 11.3 Å². The SMILES string of the molecule is COCc1cc(N(C)[C@@H](C)c2cc(F)ccc2F)n2ncnc2n1. The molecule has 0 aliphatic carbocycles. The van der Waals surface area contributed by atoms with Gasteiger partial charge in [0, 0.05) is 25.8 Å². The van der Waals surface area contributed by atoms with Gasteiger partial charge in [0.2, 0.25) is 0 Å². The van der Waals surface area contributed by atoms with Crippen LogP contribution in [-0.4, -0.2) is 33.7 Å². The predicted molar refractivity (Wildman–Crippen MR) is 84.7 cm³/mol. The van der Waals surface area contributed by atoms with E-state index in [1.807, 2.05) is 0 Å². The Hall–Kier alpha value is -2.61. The number of nitrogens with zero attached hydrogens (tertiary/aromatic N) is 5. The second-order valence-corrected chi connectivity index (χ2v) is 5.46. The van der Waals surface area contributed by atoms with Gasteiger partial charge < -0.3 is 9.64 Å². The molecular formula is C16H17F2N5O. The van der Waals surface area contributed by atoms with Crippen molar-refractivity contribution in [3.05, 3.63) is 53.5 Å². The number of halogens is 2. The Morgan fingerprint density at radius 1 is 1.29 bits per heavy atom. The number of hydrogen-bond donors (Lipinski definition) is 0. The molecule has 126 valence electrons. The van der Waals surface area contributed by atoms with E-state index in [0.29, 0.717) is 23.9 Å². The molecule has 0 unspecified atom stereocenters. The van der Waals surface area contributed by atoms with E-state index >= 15 is 0 Å². The minimum atomic E-state index is -0.479. The Morgan fingerprint density at radius 2 is 2.08 bits per heavy atom. The average molecular weight is 333 g/mol. The smallest absolute Gasteiger partial charge is 0.254 e. The van der Waals surface area contributed by atoms with Crippen molar-refractivity contribution >= 4 is 11.6 Å². The third-order valence-corrected chi connectivity index (χ3v) is 3.93.